The number of nitrogens with one attached hydrogen (secondary N) is 1. The second kappa shape index (κ2) is 10.3. The van der Waals surface area contributed by atoms with Gasteiger partial charge in [0.25, 0.3) is 6.43 Å². The fraction of sp³-hybridized carbons (Fsp3) is 0.476. The van der Waals surface area contributed by atoms with E-state index >= 15 is 4.39 Å². The van der Waals surface area contributed by atoms with Crippen LogP contribution in [0.2, 0.25) is 0 Å². The van der Waals surface area contributed by atoms with E-state index in [1.54, 1.807) is 27.7 Å². The lowest BCUT2D eigenvalue weighted by Gasteiger charge is -2.16. The van der Waals surface area contributed by atoms with Crippen molar-refractivity contribution < 1.29 is 36.3 Å². The number of hydrogen-bond donors (Lipinski definition) is 3. The molecule has 0 fully saturated rings. The minimum atomic E-state index is -4.40. The van der Waals surface area contributed by atoms with E-state index in [0.717, 1.165) is 23.5 Å². The summed E-state index contributed by atoms with van der Waals surface area (Å²) in [5, 5.41) is 23.5. The van der Waals surface area contributed by atoms with Gasteiger partial charge in [-0.3, -0.25) is 0 Å². The van der Waals surface area contributed by atoms with Crippen molar-refractivity contribution >= 4 is 21.4 Å². The number of nitrogens with zero attached hydrogens (tertiary/aromatic N) is 3. The number of aliphatic hydroxyl groups is 2. The Kier molecular flexibility index (Phi) is 8.01. The summed E-state index contributed by atoms with van der Waals surface area (Å²) in [6.45, 7) is 5.71. The summed E-state index contributed by atoms with van der Waals surface area (Å²) in [7, 11) is -4.40. The van der Waals surface area contributed by atoms with Gasteiger partial charge in [0.05, 0.1) is 34.8 Å². The minimum Gasteiger partial charge on any atom is -0.390 e. The fourth-order valence-electron chi connectivity index (χ4n) is 3.15. The van der Waals surface area contributed by atoms with Crippen LogP contribution in [0.5, 0.6) is 0 Å². The molecule has 9 nitrogen and oxygen atoms in total. The summed E-state index contributed by atoms with van der Waals surface area (Å²) < 4.78 is 75.7. The lowest BCUT2D eigenvalue weighted by molar-refractivity contribution is 0.0718. The standard InChI is InChI=1S/C21H25F3N4O5S2/c1-5-10(2)28-35(31,32)13-7-6-11(15(16(13)22)18(23)24)17-12(9-29)25-20(34-17)19-26-14(33-27-19)8-21(3,4)30/h6-7,10,18,28-30H,5,8-9H2,1-4H3/t10-/m1/s1. The van der Waals surface area contributed by atoms with E-state index in [2.05, 4.69) is 19.8 Å². The summed E-state index contributed by atoms with van der Waals surface area (Å²) in [6.07, 6.45) is -2.89. The van der Waals surface area contributed by atoms with Crippen molar-refractivity contribution in [2.75, 3.05) is 0 Å². The molecular weight excluding hydrogens is 509 g/mol. The number of sulfonamides is 1. The van der Waals surface area contributed by atoms with Crippen molar-refractivity contribution in [3.05, 3.63) is 35.1 Å². The summed E-state index contributed by atoms with van der Waals surface area (Å²) in [5.74, 6) is -1.48. The molecule has 0 saturated carbocycles. The maximum absolute atomic E-state index is 15.2. The molecule has 192 valence electrons. The maximum atomic E-state index is 15.2. The maximum Gasteiger partial charge on any atom is 0.267 e. The molecule has 3 aromatic rings. The highest BCUT2D eigenvalue weighted by atomic mass is 32.2. The number of aliphatic hydroxyl groups excluding tert-OH is 1. The first-order valence-electron chi connectivity index (χ1n) is 10.6. The Hall–Kier alpha value is -2.39. The summed E-state index contributed by atoms with van der Waals surface area (Å²) in [4.78, 5) is 7.39. The highest BCUT2D eigenvalue weighted by Gasteiger charge is 2.31. The average molecular weight is 535 g/mol. The second-order valence-electron chi connectivity index (χ2n) is 8.52. The zero-order valence-electron chi connectivity index (χ0n) is 19.3. The molecule has 0 aliphatic carbocycles. The van der Waals surface area contributed by atoms with Crippen LogP contribution in [0.15, 0.2) is 21.6 Å². The van der Waals surface area contributed by atoms with E-state index in [-0.39, 0.29) is 39.3 Å². The monoisotopic (exact) mass is 534 g/mol. The number of hydrogen-bond acceptors (Lipinski definition) is 9. The Morgan fingerprint density at radius 3 is 2.51 bits per heavy atom. The first-order valence-corrected chi connectivity index (χ1v) is 12.9. The van der Waals surface area contributed by atoms with E-state index in [1.165, 1.54) is 0 Å². The van der Waals surface area contributed by atoms with Crippen LogP contribution < -0.4 is 4.72 Å². The van der Waals surface area contributed by atoms with Gasteiger partial charge in [0.15, 0.2) is 10.8 Å². The molecule has 0 aliphatic heterocycles. The van der Waals surface area contributed by atoms with Crippen LogP contribution >= 0.6 is 11.3 Å². The third kappa shape index (κ3) is 6.06. The van der Waals surface area contributed by atoms with E-state index < -0.39 is 51.0 Å². The van der Waals surface area contributed by atoms with Gasteiger partial charge in [-0.2, -0.15) is 4.98 Å². The molecule has 3 rings (SSSR count). The van der Waals surface area contributed by atoms with Gasteiger partial charge >= 0.3 is 0 Å². The lowest BCUT2D eigenvalue weighted by Crippen LogP contribution is -2.32. The predicted octanol–water partition coefficient (Wildman–Crippen LogP) is 3.82. The molecule has 3 N–H and O–H groups in total. The van der Waals surface area contributed by atoms with Gasteiger partial charge in [-0.1, -0.05) is 18.1 Å². The van der Waals surface area contributed by atoms with Crippen molar-refractivity contribution in [1.29, 1.82) is 0 Å². The second-order valence-corrected chi connectivity index (χ2v) is 11.2. The van der Waals surface area contributed by atoms with Gasteiger partial charge in [-0.05, 0) is 33.3 Å². The molecule has 14 heteroatoms. The van der Waals surface area contributed by atoms with Crippen molar-refractivity contribution in [3.8, 4) is 21.3 Å². The number of aromatic nitrogens is 3. The Bertz CT molecular complexity index is 1300. The summed E-state index contributed by atoms with van der Waals surface area (Å²) >= 11 is 0.806. The molecule has 1 aromatic carbocycles. The van der Waals surface area contributed by atoms with Gasteiger partial charge in [0, 0.05) is 11.6 Å². The van der Waals surface area contributed by atoms with E-state index in [0.29, 0.717) is 6.42 Å². The number of rotatable bonds is 10. The van der Waals surface area contributed by atoms with Gasteiger partial charge in [0.1, 0.15) is 4.90 Å². The molecule has 1 atom stereocenters. The minimum absolute atomic E-state index is 0.00405. The molecule has 0 saturated heterocycles. The van der Waals surface area contributed by atoms with Crippen LogP contribution in [0.3, 0.4) is 0 Å². The zero-order chi connectivity index (χ0) is 26.1. The molecular formula is C21H25F3N4O5S2. The molecule has 0 spiro atoms. The lowest BCUT2D eigenvalue weighted by atomic mass is 10.0. The van der Waals surface area contributed by atoms with Crippen LogP contribution in [-0.2, 0) is 23.1 Å². The van der Waals surface area contributed by atoms with Gasteiger partial charge in [-0.15, -0.1) is 11.3 Å². The first kappa shape index (κ1) is 27.2. The third-order valence-electron chi connectivity index (χ3n) is 4.96. The molecule has 35 heavy (non-hydrogen) atoms. The van der Waals surface area contributed by atoms with Crippen LogP contribution in [0.4, 0.5) is 13.2 Å². The molecule has 0 bridgehead atoms. The van der Waals surface area contributed by atoms with Gasteiger partial charge in [-0.25, -0.2) is 31.3 Å². The highest BCUT2D eigenvalue weighted by Crippen LogP contribution is 2.41. The number of halogens is 3. The quantitative estimate of drug-likeness (QED) is 0.357. The number of thiazole rings is 1. The molecule has 0 unspecified atom stereocenters. The van der Waals surface area contributed by atoms with E-state index in [1.807, 2.05) is 0 Å². The molecule has 0 radical (unpaired) electrons. The van der Waals surface area contributed by atoms with Crippen LogP contribution in [0.25, 0.3) is 21.3 Å². The number of alkyl halides is 2. The summed E-state index contributed by atoms with van der Waals surface area (Å²) in [5.41, 5.74) is -2.61. The topological polar surface area (TPSA) is 138 Å². The molecule has 0 amide bonds. The van der Waals surface area contributed by atoms with Gasteiger partial charge in [0.2, 0.25) is 21.7 Å². The Morgan fingerprint density at radius 1 is 1.26 bits per heavy atom. The number of benzene rings is 1. The third-order valence-corrected chi connectivity index (χ3v) is 7.69. The largest absolute Gasteiger partial charge is 0.390 e. The fourth-order valence-corrected chi connectivity index (χ4v) is 5.61. The SMILES string of the molecule is CC[C@@H](C)NS(=O)(=O)c1ccc(-c2sc(-c3noc(CC(C)(C)O)n3)nc2CO)c(C(F)F)c1F. The van der Waals surface area contributed by atoms with Crippen molar-refractivity contribution in [3.63, 3.8) is 0 Å². The van der Waals surface area contributed by atoms with E-state index in [4.69, 9.17) is 4.52 Å². The normalized spacial score (nSPS) is 13.5. The van der Waals surface area contributed by atoms with Gasteiger partial charge < -0.3 is 14.7 Å². The van der Waals surface area contributed by atoms with Crippen molar-refractivity contribution in [2.45, 2.75) is 70.1 Å². The Morgan fingerprint density at radius 2 is 1.94 bits per heavy atom. The van der Waals surface area contributed by atoms with E-state index in [9.17, 15) is 27.4 Å². The Labute approximate surface area is 204 Å². The molecule has 0 aliphatic rings. The highest BCUT2D eigenvalue weighted by molar-refractivity contribution is 7.89. The predicted molar refractivity (Wildman–Crippen MR) is 122 cm³/mol. The smallest absolute Gasteiger partial charge is 0.267 e. The first-order chi connectivity index (χ1) is 16.3. The zero-order valence-corrected chi connectivity index (χ0v) is 21.0. The van der Waals surface area contributed by atoms with Crippen molar-refractivity contribution in [2.24, 2.45) is 0 Å². The van der Waals surface area contributed by atoms with Crippen molar-refractivity contribution in [1.82, 2.24) is 19.8 Å². The van der Waals surface area contributed by atoms with Crippen LogP contribution in [0.1, 0.15) is 57.7 Å². The molecule has 2 aromatic heterocycles. The molecule has 2 heterocycles. The van der Waals surface area contributed by atoms with Crippen LogP contribution in [0, 0.1) is 5.82 Å². The van der Waals surface area contributed by atoms with Crippen LogP contribution in [-0.4, -0.2) is 45.4 Å². The Balaban J connectivity index is 2.10. The summed E-state index contributed by atoms with van der Waals surface area (Å²) in [6, 6.07) is 1.43. The average Bonchev–Trinajstić information content (AvgIpc) is 3.37.